The van der Waals surface area contributed by atoms with Gasteiger partial charge in [0.15, 0.2) is 6.10 Å². The summed E-state index contributed by atoms with van der Waals surface area (Å²) in [5, 5.41) is 19.1. The first-order chi connectivity index (χ1) is 7.56. The molecule has 0 saturated heterocycles. The molecule has 0 fully saturated rings. The average molecular weight is 224 g/mol. The predicted octanol–water partition coefficient (Wildman–Crippen LogP) is 1.69. The highest BCUT2D eigenvalue weighted by atomic mass is 16.5. The number of hydrogen-bond acceptors (Lipinski definition) is 4. The van der Waals surface area contributed by atoms with E-state index in [-0.39, 0.29) is 12.4 Å². The molecule has 88 valence electrons. The summed E-state index contributed by atoms with van der Waals surface area (Å²) in [5.74, 6) is -0.634. The van der Waals surface area contributed by atoms with Crippen LogP contribution in [-0.4, -0.2) is 22.8 Å². The molecule has 1 rings (SSSR count). The molecule has 4 heteroatoms. The van der Waals surface area contributed by atoms with E-state index in [0.29, 0.717) is 17.5 Å². The van der Waals surface area contributed by atoms with Crippen molar-refractivity contribution in [2.75, 3.05) is 6.61 Å². The third-order valence-electron chi connectivity index (χ3n) is 2.22. The second kappa shape index (κ2) is 5.51. The highest BCUT2D eigenvalue weighted by molar-refractivity contribution is 5.76. The Balaban J connectivity index is 2.75. The van der Waals surface area contributed by atoms with Gasteiger partial charge in [0.25, 0.3) is 0 Å². The van der Waals surface area contributed by atoms with Gasteiger partial charge < -0.3 is 14.9 Å². The second-order valence-electron chi connectivity index (χ2n) is 3.62. The first-order valence-corrected chi connectivity index (χ1v) is 5.20. The van der Waals surface area contributed by atoms with Gasteiger partial charge in [-0.15, -0.1) is 0 Å². The molecule has 0 aliphatic heterocycles. The number of carbonyl (C=O) groups is 1. The standard InChI is InChI=1S/C12H16O4/c1-3-6-16-12(15)11(14)9-5-4-8(2)10(13)7-9/h4-5,7,11,13-14H,3,6H2,1-2H3. The molecule has 1 unspecified atom stereocenters. The van der Waals surface area contributed by atoms with Crippen LogP contribution in [-0.2, 0) is 9.53 Å². The molecule has 0 aliphatic carbocycles. The number of aromatic hydroxyl groups is 1. The molecule has 0 saturated carbocycles. The van der Waals surface area contributed by atoms with Crippen molar-refractivity contribution in [1.82, 2.24) is 0 Å². The molecule has 0 bridgehead atoms. The van der Waals surface area contributed by atoms with Crippen LogP contribution in [0.1, 0.15) is 30.6 Å². The molecule has 0 heterocycles. The fourth-order valence-electron chi connectivity index (χ4n) is 1.21. The lowest BCUT2D eigenvalue weighted by Crippen LogP contribution is -2.15. The minimum Gasteiger partial charge on any atom is -0.508 e. The van der Waals surface area contributed by atoms with Crippen molar-refractivity contribution < 1.29 is 19.7 Å². The molecule has 16 heavy (non-hydrogen) atoms. The van der Waals surface area contributed by atoms with Crippen LogP contribution in [0.25, 0.3) is 0 Å². The van der Waals surface area contributed by atoms with E-state index in [2.05, 4.69) is 0 Å². The second-order valence-corrected chi connectivity index (χ2v) is 3.62. The lowest BCUT2D eigenvalue weighted by atomic mass is 10.1. The van der Waals surface area contributed by atoms with E-state index < -0.39 is 12.1 Å². The summed E-state index contributed by atoms with van der Waals surface area (Å²) in [4.78, 5) is 11.3. The molecule has 1 aromatic carbocycles. The van der Waals surface area contributed by atoms with E-state index in [1.54, 1.807) is 19.1 Å². The zero-order valence-electron chi connectivity index (χ0n) is 9.43. The number of benzene rings is 1. The van der Waals surface area contributed by atoms with Crippen molar-refractivity contribution in [2.45, 2.75) is 26.4 Å². The zero-order valence-corrected chi connectivity index (χ0v) is 9.43. The van der Waals surface area contributed by atoms with Crippen molar-refractivity contribution in [3.63, 3.8) is 0 Å². The van der Waals surface area contributed by atoms with E-state index in [9.17, 15) is 15.0 Å². The number of aliphatic hydroxyl groups is 1. The number of phenolic OH excluding ortho intramolecular Hbond substituents is 1. The summed E-state index contributed by atoms with van der Waals surface area (Å²) in [6, 6.07) is 4.60. The van der Waals surface area contributed by atoms with Gasteiger partial charge >= 0.3 is 5.97 Å². The Hall–Kier alpha value is -1.55. The van der Waals surface area contributed by atoms with Gasteiger partial charge in [-0.25, -0.2) is 4.79 Å². The van der Waals surface area contributed by atoms with E-state index >= 15 is 0 Å². The van der Waals surface area contributed by atoms with Crippen LogP contribution in [0.2, 0.25) is 0 Å². The van der Waals surface area contributed by atoms with E-state index in [1.165, 1.54) is 6.07 Å². The van der Waals surface area contributed by atoms with E-state index in [1.807, 2.05) is 6.92 Å². The molecule has 1 atom stereocenters. The molecule has 0 aliphatic rings. The maximum absolute atomic E-state index is 11.3. The number of carbonyl (C=O) groups excluding carboxylic acids is 1. The highest BCUT2D eigenvalue weighted by Gasteiger charge is 2.19. The van der Waals surface area contributed by atoms with Crippen LogP contribution >= 0.6 is 0 Å². The third kappa shape index (κ3) is 2.97. The van der Waals surface area contributed by atoms with Gasteiger partial charge in [0.1, 0.15) is 5.75 Å². The zero-order chi connectivity index (χ0) is 12.1. The highest BCUT2D eigenvalue weighted by Crippen LogP contribution is 2.22. The minimum absolute atomic E-state index is 0.0554. The average Bonchev–Trinajstić information content (AvgIpc) is 2.28. The monoisotopic (exact) mass is 224 g/mol. The smallest absolute Gasteiger partial charge is 0.339 e. The van der Waals surface area contributed by atoms with Crippen molar-refractivity contribution >= 4 is 5.97 Å². The molecule has 0 amide bonds. The van der Waals surface area contributed by atoms with Gasteiger partial charge in [-0.1, -0.05) is 19.1 Å². The first kappa shape index (κ1) is 12.5. The van der Waals surface area contributed by atoms with Crippen LogP contribution in [0.15, 0.2) is 18.2 Å². The molecule has 2 N–H and O–H groups in total. The van der Waals surface area contributed by atoms with Gasteiger partial charge in [0.2, 0.25) is 0 Å². The predicted molar refractivity (Wildman–Crippen MR) is 59.1 cm³/mol. The Bertz CT molecular complexity index is 373. The summed E-state index contributed by atoms with van der Waals surface area (Å²) in [7, 11) is 0. The minimum atomic E-state index is -1.34. The summed E-state index contributed by atoms with van der Waals surface area (Å²) >= 11 is 0. The molecule has 0 aromatic heterocycles. The van der Waals surface area contributed by atoms with Crippen molar-refractivity contribution in [3.05, 3.63) is 29.3 Å². The maximum atomic E-state index is 11.3. The van der Waals surface area contributed by atoms with E-state index in [4.69, 9.17) is 4.74 Å². The van der Waals surface area contributed by atoms with Gasteiger partial charge in [-0.2, -0.15) is 0 Å². The summed E-state index contributed by atoms with van der Waals surface area (Å²) in [6.07, 6.45) is -0.629. The van der Waals surface area contributed by atoms with Crippen LogP contribution in [0, 0.1) is 6.92 Å². The van der Waals surface area contributed by atoms with Crippen LogP contribution < -0.4 is 0 Å². The number of aliphatic hydroxyl groups excluding tert-OH is 1. The molecule has 0 spiro atoms. The van der Waals surface area contributed by atoms with Crippen molar-refractivity contribution in [1.29, 1.82) is 0 Å². The Morgan fingerprint density at radius 3 is 2.75 bits per heavy atom. The molecular weight excluding hydrogens is 208 g/mol. The van der Waals surface area contributed by atoms with Gasteiger partial charge in [0.05, 0.1) is 6.61 Å². The third-order valence-corrected chi connectivity index (χ3v) is 2.22. The van der Waals surface area contributed by atoms with Crippen LogP contribution in [0.3, 0.4) is 0 Å². The largest absolute Gasteiger partial charge is 0.508 e. The molecular formula is C12H16O4. The lowest BCUT2D eigenvalue weighted by molar-refractivity contribution is -0.153. The quantitative estimate of drug-likeness (QED) is 0.764. The van der Waals surface area contributed by atoms with Crippen LogP contribution in [0.5, 0.6) is 5.75 Å². The Kier molecular flexibility index (Phi) is 4.31. The first-order valence-electron chi connectivity index (χ1n) is 5.20. The van der Waals surface area contributed by atoms with Crippen molar-refractivity contribution in [3.8, 4) is 5.75 Å². The van der Waals surface area contributed by atoms with Crippen LogP contribution in [0.4, 0.5) is 0 Å². The fraction of sp³-hybridized carbons (Fsp3) is 0.417. The Morgan fingerprint density at radius 1 is 1.50 bits per heavy atom. The Morgan fingerprint density at radius 2 is 2.19 bits per heavy atom. The lowest BCUT2D eigenvalue weighted by Gasteiger charge is -2.11. The number of rotatable bonds is 4. The molecule has 0 radical (unpaired) electrons. The number of hydrogen-bond donors (Lipinski definition) is 2. The normalized spacial score (nSPS) is 12.2. The number of ether oxygens (including phenoxy) is 1. The van der Waals surface area contributed by atoms with E-state index in [0.717, 1.165) is 0 Å². The summed E-state index contributed by atoms with van der Waals surface area (Å²) in [5.41, 5.74) is 1.03. The SMILES string of the molecule is CCCOC(=O)C(O)c1ccc(C)c(O)c1. The maximum Gasteiger partial charge on any atom is 0.339 e. The van der Waals surface area contributed by atoms with Gasteiger partial charge in [0, 0.05) is 0 Å². The molecule has 1 aromatic rings. The molecule has 4 nitrogen and oxygen atoms in total. The number of phenols is 1. The van der Waals surface area contributed by atoms with Crippen molar-refractivity contribution in [2.24, 2.45) is 0 Å². The van der Waals surface area contributed by atoms with Gasteiger partial charge in [-0.05, 0) is 30.5 Å². The van der Waals surface area contributed by atoms with Gasteiger partial charge in [-0.3, -0.25) is 0 Å². The topological polar surface area (TPSA) is 66.8 Å². The summed E-state index contributed by atoms with van der Waals surface area (Å²) in [6.45, 7) is 3.89. The Labute approximate surface area is 94.5 Å². The summed E-state index contributed by atoms with van der Waals surface area (Å²) < 4.78 is 4.81. The number of aryl methyl sites for hydroxylation is 1. The fourth-order valence-corrected chi connectivity index (χ4v) is 1.21. The number of esters is 1.